The molecule has 0 heterocycles. The zero-order valence-corrected chi connectivity index (χ0v) is 26.9. The van der Waals surface area contributed by atoms with Gasteiger partial charge in [0.15, 0.2) is 8.32 Å². The fourth-order valence-electron chi connectivity index (χ4n) is 2.77. The Labute approximate surface area is 249 Å². The van der Waals surface area contributed by atoms with Gasteiger partial charge in [0.25, 0.3) is 0 Å². The summed E-state index contributed by atoms with van der Waals surface area (Å²) < 4.78 is 65.4. The Hall–Kier alpha value is -0.523. The minimum absolute atomic E-state index is 0.517. The van der Waals surface area contributed by atoms with E-state index in [0.717, 1.165) is 0 Å². The minimum Gasteiger partial charge on any atom is -0.415 e. The van der Waals surface area contributed by atoms with Gasteiger partial charge >= 0.3 is 0 Å². The van der Waals surface area contributed by atoms with Crippen LogP contribution >= 0.6 is 0 Å². The Kier molecular flexibility index (Phi) is 33.5. The molecule has 0 aliphatic rings. The van der Waals surface area contributed by atoms with Crippen LogP contribution in [0, 0.1) is 0 Å². The third-order valence-corrected chi connectivity index (χ3v) is 5.79. The second-order valence-corrected chi connectivity index (χ2v) is 14.0. The molecule has 0 fully saturated rings. The van der Waals surface area contributed by atoms with Crippen LogP contribution in [-0.2, 0) is 56.5 Å². The summed E-state index contributed by atoms with van der Waals surface area (Å²) in [6, 6.07) is 0. The molecule has 0 atom stereocenters. The molecule has 0 aromatic heterocycles. The van der Waals surface area contributed by atoms with Crippen molar-refractivity contribution in [2.45, 2.75) is 19.6 Å². The predicted octanol–water partition coefficient (Wildman–Crippen LogP) is 2.21. The van der Waals surface area contributed by atoms with Gasteiger partial charge in [-0.1, -0.05) is 6.08 Å². The van der Waals surface area contributed by atoms with Crippen LogP contribution in [0.5, 0.6) is 0 Å². The zero-order chi connectivity index (χ0) is 30.0. The van der Waals surface area contributed by atoms with Crippen LogP contribution in [0.3, 0.4) is 0 Å². The molecule has 0 aromatic rings. The van der Waals surface area contributed by atoms with Gasteiger partial charge in [-0.3, -0.25) is 0 Å². The lowest BCUT2D eigenvalue weighted by atomic mass is 10.6. The number of rotatable bonds is 36. The summed E-state index contributed by atoms with van der Waals surface area (Å²) in [6.07, 6.45) is 1.71. The van der Waals surface area contributed by atoms with Gasteiger partial charge in [-0.15, -0.1) is 6.58 Å². The molecule has 0 unspecified atom stereocenters. The Morgan fingerprint density at radius 1 is 0.341 bits per heavy atom. The number of ether oxygens (including phenoxy) is 11. The first-order valence-corrected chi connectivity index (χ1v) is 18.1. The van der Waals surface area contributed by atoms with Gasteiger partial charge < -0.3 is 56.5 Å². The molecule has 0 saturated carbocycles. The van der Waals surface area contributed by atoms with Crippen molar-refractivity contribution < 1.29 is 56.5 Å². The quantitative estimate of drug-likeness (QED) is 0.0586. The van der Waals surface area contributed by atoms with Crippen molar-refractivity contribution in [3.63, 3.8) is 0 Å². The van der Waals surface area contributed by atoms with Gasteiger partial charge in [0, 0.05) is 0 Å². The van der Waals surface area contributed by atoms with E-state index in [1.165, 1.54) is 0 Å². The van der Waals surface area contributed by atoms with E-state index < -0.39 is 8.32 Å². The monoisotopic (exact) mass is 614 g/mol. The Morgan fingerprint density at radius 2 is 0.537 bits per heavy atom. The van der Waals surface area contributed by atoms with Crippen molar-refractivity contribution in [2.75, 3.05) is 152 Å². The smallest absolute Gasteiger partial charge is 0.183 e. The molecule has 0 spiro atoms. The largest absolute Gasteiger partial charge is 0.415 e. The molecule has 0 amide bonds. The molecule has 0 aliphatic heterocycles. The third-order valence-electron chi connectivity index (χ3n) is 4.72. The van der Waals surface area contributed by atoms with Gasteiger partial charge in [0.05, 0.1) is 152 Å². The van der Waals surface area contributed by atoms with Crippen LogP contribution in [0.2, 0.25) is 19.6 Å². The highest BCUT2D eigenvalue weighted by atomic mass is 28.4. The van der Waals surface area contributed by atoms with Crippen molar-refractivity contribution in [2.24, 2.45) is 0 Å². The Morgan fingerprint density at radius 3 is 0.732 bits per heavy atom. The van der Waals surface area contributed by atoms with E-state index in [9.17, 15) is 0 Å². The molecule has 0 radical (unpaired) electrons. The van der Waals surface area contributed by atoms with Crippen LogP contribution in [0.1, 0.15) is 0 Å². The van der Waals surface area contributed by atoms with Crippen molar-refractivity contribution >= 4 is 8.32 Å². The zero-order valence-electron chi connectivity index (χ0n) is 25.9. The minimum atomic E-state index is -1.45. The summed E-state index contributed by atoms with van der Waals surface area (Å²) >= 11 is 0. The van der Waals surface area contributed by atoms with Gasteiger partial charge in [-0.2, -0.15) is 0 Å². The first-order valence-electron chi connectivity index (χ1n) is 14.7. The van der Waals surface area contributed by atoms with Crippen molar-refractivity contribution in [1.29, 1.82) is 0 Å². The van der Waals surface area contributed by atoms with E-state index in [0.29, 0.717) is 152 Å². The summed E-state index contributed by atoms with van der Waals surface area (Å²) in [5, 5.41) is 0. The standard InChI is InChI=1S/C28H58O12Si/c1-5-6-29-7-8-30-9-10-31-11-12-32-13-14-33-15-16-34-17-18-35-19-20-36-21-22-37-23-24-38-25-26-39-27-28-40-41(2,3)4/h5H,1,6-28H2,2-4H3. The Bertz CT molecular complexity index is 511. The summed E-state index contributed by atoms with van der Waals surface area (Å²) in [5.74, 6) is 0. The maximum atomic E-state index is 5.71. The molecule has 0 N–H and O–H groups in total. The highest BCUT2D eigenvalue weighted by Gasteiger charge is 2.13. The highest BCUT2D eigenvalue weighted by molar-refractivity contribution is 6.69. The fraction of sp³-hybridized carbons (Fsp3) is 0.929. The van der Waals surface area contributed by atoms with Crippen LogP contribution in [0.4, 0.5) is 0 Å². The first-order chi connectivity index (χ1) is 20.1. The van der Waals surface area contributed by atoms with Crippen LogP contribution in [0.25, 0.3) is 0 Å². The average Bonchev–Trinajstić information content (AvgIpc) is 2.94. The summed E-state index contributed by atoms with van der Waals surface area (Å²) in [5.41, 5.74) is 0. The van der Waals surface area contributed by atoms with E-state index in [-0.39, 0.29) is 0 Å². The highest BCUT2D eigenvalue weighted by Crippen LogP contribution is 2.01. The molecule has 0 aromatic carbocycles. The number of hydrogen-bond acceptors (Lipinski definition) is 12. The van der Waals surface area contributed by atoms with Crippen molar-refractivity contribution in [3.8, 4) is 0 Å². The van der Waals surface area contributed by atoms with Crippen LogP contribution < -0.4 is 0 Å². The number of hydrogen-bond donors (Lipinski definition) is 0. The van der Waals surface area contributed by atoms with E-state index in [1.54, 1.807) is 6.08 Å². The molecule has 0 rings (SSSR count). The second kappa shape index (κ2) is 34.0. The van der Waals surface area contributed by atoms with Gasteiger partial charge in [0.1, 0.15) is 0 Å². The SMILES string of the molecule is C=CCOCCOCCOCCOCCOCCOCCOCCOCCOCCOCCOCCO[Si](C)(C)C. The van der Waals surface area contributed by atoms with E-state index in [4.69, 9.17) is 56.5 Å². The first kappa shape index (κ1) is 40.5. The normalized spacial score (nSPS) is 11.9. The Balaban J connectivity index is 3.05. The lowest BCUT2D eigenvalue weighted by molar-refractivity contribution is -0.0275. The van der Waals surface area contributed by atoms with E-state index in [2.05, 4.69) is 26.2 Å². The maximum absolute atomic E-state index is 5.71. The third kappa shape index (κ3) is 39.5. The lowest BCUT2D eigenvalue weighted by Gasteiger charge is -2.16. The molecule has 12 nitrogen and oxygen atoms in total. The fourth-order valence-corrected chi connectivity index (χ4v) is 3.47. The molecular weight excluding hydrogens is 556 g/mol. The lowest BCUT2D eigenvalue weighted by Crippen LogP contribution is -2.27. The molecule has 41 heavy (non-hydrogen) atoms. The van der Waals surface area contributed by atoms with Crippen LogP contribution in [-0.4, -0.2) is 160 Å². The van der Waals surface area contributed by atoms with Gasteiger partial charge in [0.2, 0.25) is 0 Å². The maximum Gasteiger partial charge on any atom is 0.183 e. The molecule has 0 saturated heterocycles. The molecule has 246 valence electrons. The predicted molar refractivity (Wildman–Crippen MR) is 159 cm³/mol. The van der Waals surface area contributed by atoms with Crippen molar-refractivity contribution in [3.05, 3.63) is 12.7 Å². The average molecular weight is 615 g/mol. The van der Waals surface area contributed by atoms with Crippen LogP contribution in [0.15, 0.2) is 12.7 Å². The molecule has 0 bridgehead atoms. The topological polar surface area (TPSA) is 111 Å². The summed E-state index contributed by atoms with van der Waals surface area (Å²) in [4.78, 5) is 0. The molecule has 13 heteroatoms. The summed E-state index contributed by atoms with van der Waals surface area (Å²) in [6.45, 7) is 22.5. The van der Waals surface area contributed by atoms with E-state index in [1.807, 2.05) is 0 Å². The van der Waals surface area contributed by atoms with Gasteiger partial charge in [-0.05, 0) is 19.6 Å². The summed E-state index contributed by atoms with van der Waals surface area (Å²) in [7, 11) is -1.45. The molecule has 0 aliphatic carbocycles. The van der Waals surface area contributed by atoms with E-state index >= 15 is 0 Å². The van der Waals surface area contributed by atoms with Gasteiger partial charge in [-0.25, -0.2) is 0 Å². The molecular formula is C28H58O12Si. The second-order valence-electron chi connectivity index (χ2n) is 9.45. The van der Waals surface area contributed by atoms with Crippen molar-refractivity contribution in [1.82, 2.24) is 0 Å².